The summed E-state index contributed by atoms with van der Waals surface area (Å²) in [7, 11) is 0. The van der Waals surface area contributed by atoms with Gasteiger partial charge in [-0.15, -0.1) is 0 Å². The lowest BCUT2D eigenvalue weighted by Crippen LogP contribution is -2.53. The summed E-state index contributed by atoms with van der Waals surface area (Å²) in [6, 6.07) is 1.66. The van der Waals surface area contributed by atoms with Crippen molar-refractivity contribution in [2.24, 2.45) is 0 Å². The van der Waals surface area contributed by atoms with E-state index < -0.39 is 0 Å². The van der Waals surface area contributed by atoms with Crippen molar-refractivity contribution in [1.82, 2.24) is 10.1 Å². The highest BCUT2D eigenvalue weighted by atomic mass is 16.5. The van der Waals surface area contributed by atoms with Gasteiger partial charge in [-0.1, -0.05) is 5.16 Å². The molecule has 0 atom stereocenters. The first-order valence-electron chi connectivity index (χ1n) is 4.77. The van der Waals surface area contributed by atoms with E-state index in [-0.39, 0.29) is 18.6 Å². The fourth-order valence-electron chi connectivity index (χ4n) is 1.47. The molecule has 2 heterocycles. The monoisotopic (exact) mass is 211 g/mol. The Morgan fingerprint density at radius 3 is 3.07 bits per heavy atom. The van der Waals surface area contributed by atoms with Gasteiger partial charge in [-0.2, -0.15) is 0 Å². The first-order chi connectivity index (χ1) is 7.13. The summed E-state index contributed by atoms with van der Waals surface area (Å²) in [5, 5.41) is 15.3. The third-order valence-electron chi connectivity index (χ3n) is 2.20. The summed E-state index contributed by atoms with van der Waals surface area (Å²) in [6.45, 7) is 3.17. The SMILES string of the molecule is Cc1cc(NC(=O)CN2CC(O)C2)on1. The van der Waals surface area contributed by atoms with Gasteiger partial charge in [0.05, 0.1) is 18.3 Å². The van der Waals surface area contributed by atoms with Crippen LogP contribution in [0.5, 0.6) is 0 Å². The minimum absolute atomic E-state index is 0.155. The fraction of sp³-hybridized carbons (Fsp3) is 0.556. The number of hydrogen-bond acceptors (Lipinski definition) is 5. The van der Waals surface area contributed by atoms with E-state index in [0.29, 0.717) is 19.0 Å². The molecule has 82 valence electrons. The second kappa shape index (κ2) is 4.00. The maximum absolute atomic E-state index is 11.4. The van der Waals surface area contributed by atoms with Gasteiger partial charge in [-0.3, -0.25) is 15.0 Å². The Balaban J connectivity index is 1.77. The summed E-state index contributed by atoms with van der Waals surface area (Å²) in [4.78, 5) is 13.3. The lowest BCUT2D eigenvalue weighted by molar-refractivity contribution is -0.120. The van der Waals surface area contributed by atoms with Crippen LogP contribution in [0.15, 0.2) is 10.6 Å². The number of rotatable bonds is 3. The number of aliphatic hydroxyl groups excluding tert-OH is 1. The molecule has 6 nitrogen and oxygen atoms in total. The van der Waals surface area contributed by atoms with Crippen LogP contribution in [0.3, 0.4) is 0 Å². The van der Waals surface area contributed by atoms with Crippen LogP contribution in [-0.2, 0) is 4.79 Å². The number of carbonyl (C=O) groups excluding carboxylic acids is 1. The Bertz CT molecular complexity index is 357. The number of likely N-dealkylation sites (tertiary alicyclic amines) is 1. The summed E-state index contributed by atoms with van der Waals surface area (Å²) >= 11 is 0. The first kappa shape index (κ1) is 10.1. The minimum atomic E-state index is -0.287. The van der Waals surface area contributed by atoms with Gasteiger partial charge in [0.1, 0.15) is 0 Å². The molecule has 1 amide bonds. The van der Waals surface area contributed by atoms with Crippen molar-refractivity contribution in [2.45, 2.75) is 13.0 Å². The molecular weight excluding hydrogens is 198 g/mol. The van der Waals surface area contributed by atoms with Gasteiger partial charge in [-0.05, 0) is 6.92 Å². The molecule has 0 spiro atoms. The van der Waals surface area contributed by atoms with Crippen molar-refractivity contribution < 1.29 is 14.4 Å². The molecule has 1 fully saturated rings. The maximum Gasteiger partial charge on any atom is 0.240 e. The largest absolute Gasteiger partial charge is 0.390 e. The predicted molar refractivity (Wildman–Crippen MR) is 52.3 cm³/mol. The van der Waals surface area contributed by atoms with Crippen molar-refractivity contribution in [3.63, 3.8) is 0 Å². The van der Waals surface area contributed by atoms with Crippen LogP contribution >= 0.6 is 0 Å². The number of nitrogens with zero attached hydrogens (tertiary/aromatic N) is 2. The lowest BCUT2D eigenvalue weighted by Gasteiger charge is -2.34. The number of β-amino-alcohol motifs (C(OH)–C–C–N with tert-alkyl or cyclic N) is 1. The van der Waals surface area contributed by atoms with Crippen LogP contribution in [0, 0.1) is 6.92 Å². The van der Waals surface area contributed by atoms with Crippen molar-refractivity contribution in [3.8, 4) is 0 Å². The molecule has 0 radical (unpaired) electrons. The summed E-state index contributed by atoms with van der Waals surface area (Å²) in [6.07, 6.45) is -0.287. The van der Waals surface area contributed by atoms with E-state index in [4.69, 9.17) is 9.63 Å². The average molecular weight is 211 g/mol. The van der Waals surface area contributed by atoms with Crippen LogP contribution in [-0.4, -0.2) is 46.8 Å². The first-order valence-corrected chi connectivity index (χ1v) is 4.77. The van der Waals surface area contributed by atoms with Crippen molar-refractivity contribution in [3.05, 3.63) is 11.8 Å². The Morgan fingerprint density at radius 2 is 2.53 bits per heavy atom. The van der Waals surface area contributed by atoms with E-state index in [1.165, 1.54) is 0 Å². The number of aliphatic hydroxyl groups is 1. The van der Waals surface area contributed by atoms with Gasteiger partial charge in [0, 0.05) is 19.2 Å². The molecule has 0 saturated carbocycles. The number of carbonyl (C=O) groups is 1. The summed E-state index contributed by atoms with van der Waals surface area (Å²) < 4.78 is 4.84. The average Bonchev–Trinajstić information content (AvgIpc) is 2.48. The smallest absolute Gasteiger partial charge is 0.240 e. The standard InChI is InChI=1S/C9H13N3O3/c1-6-2-9(15-11-6)10-8(14)5-12-3-7(13)4-12/h2,7,13H,3-5H2,1H3,(H,10,14). The summed E-state index contributed by atoms with van der Waals surface area (Å²) in [5.41, 5.74) is 0.727. The zero-order valence-electron chi connectivity index (χ0n) is 8.43. The molecule has 2 rings (SSSR count). The predicted octanol–water partition coefficient (Wildman–Crippen LogP) is -0.402. The highest BCUT2D eigenvalue weighted by Gasteiger charge is 2.26. The van der Waals surface area contributed by atoms with E-state index in [1.807, 2.05) is 4.90 Å². The molecule has 1 saturated heterocycles. The zero-order valence-corrected chi connectivity index (χ0v) is 8.43. The van der Waals surface area contributed by atoms with E-state index in [1.54, 1.807) is 13.0 Å². The molecule has 1 aromatic rings. The van der Waals surface area contributed by atoms with Crippen LogP contribution in [0.1, 0.15) is 5.69 Å². The van der Waals surface area contributed by atoms with Gasteiger partial charge in [0.2, 0.25) is 11.8 Å². The Hall–Kier alpha value is -1.40. The molecule has 6 heteroatoms. The van der Waals surface area contributed by atoms with E-state index in [2.05, 4.69) is 10.5 Å². The fourth-order valence-corrected chi connectivity index (χ4v) is 1.47. The topological polar surface area (TPSA) is 78.6 Å². The van der Waals surface area contributed by atoms with Crippen LogP contribution in [0.25, 0.3) is 0 Å². The molecule has 1 aromatic heterocycles. The van der Waals surface area contributed by atoms with Crippen molar-refractivity contribution in [2.75, 3.05) is 25.0 Å². The number of anilines is 1. The van der Waals surface area contributed by atoms with Crippen LogP contribution in [0.2, 0.25) is 0 Å². The number of aromatic nitrogens is 1. The second-order valence-electron chi connectivity index (χ2n) is 3.73. The highest BCUT2D eigenvalue weighted by Crippen LogP contribution is 2.10. The molecule has 0 bridgehead atoms. The van der Waals surface area contributed by atoms with Gasteiger partial charge in [-0.25, -0.2) is 0 Å². The summed E-state index contributed by atoms with van der Waals surface area (Å²) in [5.74, 6) is 0.205. The number of aryl methyl sites for hydroxylation is 1. The highest BCUT2D eigenvalue weighted by molar-refractivity contribution is 5.91. The lowest BCUT2D eigenvalue weighted by atomic mass is 10.2. The minimum Gasteiger partial charge on any atom is -0.390 e. The van der Waals surface area contributed by atoms with Gasteiger partial charge < -0.3 is 9.63 Å². The van der Waals surface area contributed by atoms with Crippen molar-refractivity contribution >= 4 is 11.8 Å². The third kappa shape index (κ3) is 2.54. The second-order valence-corrected chi connectivity index (χ2v) is 3.73. The molecule has 0 aliphatic carbocycles. The Labute approximate surface area is 86.8 Å². The Morgan fingerprint density at radius 1 is 1.80 bits per heavy atom. The Kier molecular flexibility index (Phi) is 2.70. The van der Waals surface area contributed by atoms with E-state index >= 15 is 0 Å². The molecular formula is C9H13N3O3. The molecule has 1 aliphatic rings. The maximum atomic E-state index is 11.4. The number of nitrogens with one attached hydrogen (secondary N) is 1. The van der Waals surface area contributed by atoms with Gasteiger partial charge >= 0.3 is 0 Å². The van der Waals surface area contributed by atoms with Crippen LogP contribution in [0.4, 0.5) is 5.88 Å². The van der Waals surface area contributed by atoms with Crippen molar-refractivity contribution in [1.29, 1.82) is 0 Å². The van der Waals surface area contributed by atoms with Crippen LogP contribution < -0.4 is 5.32 Å². The number of amides is 1. The molecule has 1 aliphatic heterocycles. The molecule has 0 aromatic carbocycles. The van der Waals surface area contributed by atoms with Gasteiger partial charge in [0.25, 0.3) is 0 Å². The van der Waals surface area contributed by atoms with Gasteiger partial charge in [0.15, 0.2) is 0 Å². The normalized spacial score (nSPS) is 17.5. The molecule has 2 N–H and O–H groups in total. The molecule has 15 heavy (non-hydrogen) atoms. The number of hydrogen-bond donors (Lipinski definition) is 2. The zero-order chi connectivity index (χ0) is 10.8. The molecule has 0 unspecified atom stereocenters. The third-order valence-corrected chi connectivity index (χ3v) is 2.20. The van der Waals surface area contributed by atoms with E-state index in [9.17, 15) is 4.79 Å². The quantitative estimate of drug-likeness (QED) is 0.711. The van der Waals surface area contributed by atoms with E-state index in [0.717, 1.165) is 5.69 Å².